The van der Waals surface area contributed by atoms with E-state index in [2.05, 4.69) is 15.7 Å². The second-order valence-corrected chi connectivity index (χ2v) is 6.09. The van der Waals surface area contributed by atoms with Gasteiger partial charge >= 0.3 is 0 Å². The van der Waals surface area contributed by atoms with Crippen molar-refractivity contribution in [1.82, 2.24) is 10.3 Å². The molecule has 1 saturated carbocycles. The number of aliphatic hydroxyl groups excluding tert-OH is 1. The Morgan fingerprint density at radius 1 is 1.53 bits per heavy atom. The average Bonchev–Trinajstić information content (AvgIpc) is 2.90. The summed E-state index contributed by atoms with van der Waals surface area (Å²) in [5.74, 6) is 0.758. The Labute approximate surface area is 107 Å². The van der Waals surface area contributed by atoms with Crippen LogP contribution in [0.1, 0.15) is 42.8 Å². The first kappa shape index (κ1) is 13.0. The quantitative estimate of drug-likeness (QED) is 0.820. The Morgan fingerprint density at radius 2 is 2.29 bits per heavy atom. The van der Waals surface area contributed by atoms with E-state index in [0.717, 1.165) is 29.6 Å². The van der Waals surface area contributed by atoms with E-state index in [0.29, 0.717) is 6.54 Å². The van der Waals surface area contributed by atoms with Crippen LogP contribution in [0.15, 0.2) is 5.38 Å². The number of rotatable bonds is 6. The molecule has 0 spiro atoms. The summed E-state index contributed by atoms with van der Waals surface area (Å²) in [5, 5.41) is 16.4. The number of nitrogens with zero attached hydrogens (tertiary/aromatic N) is 1. The maximum absolute atomic E-state index is 9.91. The van der Waals surface area contributed by atoms with Gasteiger partial charge in [-0.05, 0) is 19.3 Å². The molecule has 1 unspecified atom stereocenters. The minimum atomic E-state index is -0.196. The standard InChI is InChI=1S/C13H22N2OS/c1-10-15-12(9-17-10)7-14-8-13(16)6-11-4-2-3-5-11/h9,11,13-14,16H,2-8H2,1H3. The molecule has 1 aromatic rings. The molecule has 1 heterocycles. The van der Waals surface area contributed by atoms with E-state index in [1.54, 1.807) is 11.3 Å². The highest BCUT2D eigenvalue weighted by atomic mass is 32.1. The second-order valence-electron chi connectivity index (χ2n) is 5.03. The van der Waals surface area contributed by atoms with Crippen molar-refractivity contribution < 1.29 is 5.11 Å². The topological polar surface area (TPSA) is 45.2 Å². The van der Waals surface area contributed by atoms with E-state index in [-0.39, 0.29) is 6.10 Å². The molecule has 96 valence electrons. The van der Waals surface area contributed by atoms with E-state index < -0.39 is 0 Å². The molecule has 1 aliphatic carbocycles. The summed E-state index contributed by atoms with van der Waals surface area (Å²) < 4.78 is 0. The Balaban J connectivity index is 1.60. The van der Waals surface area contributed by atoms with Gasteiger partial charge in [0.05, 0.1) is 16.8 Å². The summed E-state index contributed by atoms with van der Waals surface area (Å²) in [7, 11) is 0. The third kappa shape index (κ3) is 4.37. The molecular weight excluding hydrogens is 232 g/mol. The molecule has 3 nitrogen and oxygen atoms in total. The van der Waals surface area contributed by atoms with Crippen molar-refractivity contribution in [2.24, 2.45) is 5.92 Å². The van der Waals surface area contributed by atoms with Gasteiger partial charge in [0.2, 0.25) is 0 Å². The minimum absolute atomic E-state index is 0.196. The van der Waals surface area contributed by atoms with Crippen molar-refractivity contribution in [3.8, 4) is 0 Å². The van der Waals surface area contributed by atoms with Crippen LogP contribution < -0.4 is 5.32 Å². The summed E-state index contributed by atoms with van der Waals surface area (Å²) >= 11 is 1.68. The summed E-state index contributed by atoms with van der Waals surface area (Å²) in [6.45, 7) is 3.47. The number of aromatic nitrogens is 1. The lowest BCUT2D eigenvalue weighted by Gasteiger charge is -2.15. The fraction of sp³-hybridized carbons (Fsp3) is 0.769. The van der Waals surface area contributed by atoms with Gasteiger partial charge in [-0.25, -0.2) is 4.98 Å². The second kappa shape index (κ2) is 6.47. The molecule has 17 heavy (non-hydrogen) atoms. The first-order valence-corrected chi connectivity index (χ1v) is 7.42. The lowest BCUT2D eigenvalue weighted by Crippen LogP contribution is -2.28. The van der Waals surface area contributed by atoms with Crippen LogP contribution in [-0.2, 0) is 6.54 Å². The van der Waals surface area contributed by atoms with Gasteiger partial charge in [0.15, 0.2) is 0 Å². The van der Waals surface area contributed by atoms with Crippen LogP contribution in [-0.4, -0.2) is 22.7 Å². The molecule has 1 fully saturated rings. The monoisotopic (exact) mass is 254 g/mol. The number of aryl methyl sites for hydroxylation is 1. The largest absolute Gasteiger partial charge is 0.392 e. The summed E-state index contributed by atoms with van der Waals surface area (Å²) in [6, 6.07) is 0. The van der Waals surface area contributed by atoms with Gasteiger partial charge in [-0.3, -0.25) is 0 Å². The molecule has 2 rings (SSSR count). The van der Waals surface area contributed by atoms with Crippen molar-refractivity contribution in [2.75, 3.05) is 6.54 Å². The molecule has 0 bridgehead atoms. The van der Waals surface area contributed by atoms with Crippen LogP contribution in [0.2, 0.25) is 0 Å². The highest BCUT2D eigenvalue weighted by Crippen LogP contribution is 2.28. The number of nitrogens with one attached hydrogen (secondary N) is 1. The van der Waals surface area contributed by atoms with E-state index in [4.69, 9.17) is 0 Å². The summed E-state index contributed by atoms with van der Waals surface area (Å²) in [4.78, 5) is 4.39. The molecule has 4 heteroatoms. The zero-order valence-electron chi connectivity index (χ0n) is 10.5. The van der Waals surface area contributed by atoms with Crippen molar-refractivity contribution >= 4 is 11.3 Å². The van der Waals surface area contributed by atoms with Crippen LogP contribution >= 0.6 is 11.3 Å². The Morgan fingerprint density at radius 3 is 2.94 bits per heavy atom. The van der Waals surface area contributed by atoms with Gasteiger partial charge in [-0.15, -0.1) is 11.3 Å². The highest BCUT2D eigenvalue weighted by Gasteiger charge is 2.18. The molecule has 0 amide bonds. The number of hydrogen-bond acceptors (Lipinski definition) is 4. The van der Waals surface area contributed by atoms with Crippen molar-refractivity contribution in [2.45, 2.75) is 51.7 Å². The average molecular weight is 254 g/mol. The fourth-order valence-corrected chi connectivity index (χ4v) is 3.18. The van der Waals surface area contributed by atoms with Gasteiger partial charge in [0.25, 0.3) is 0 Å². The summed E-state index contributed by atoms with van der Waals surface area (Å²) in [6.07, 6.45) is 6.08. The van der Waals surface area contributed by atoms with Gasteiger partial charge in [-0.1, -0.05) is 25.7 Å². The molecule has 0 radical (unpaired) electrons. The molecular formula is C13H22N2OS. The Kier molecular flexibility index (Phi) is 4.95. The van der Waals surface area contributed by atoms with Crippen LogP contribution in [0.25, 0.3) is 0 Å². The molecule has 2 N–H and O–H groups in total. The SMILES string of the molecule is Cc1nc(CNCC(O)CC2CCCC2)cs1. The lowest BCUT2D eigenvalue weighted by atomic mass is 10.0. The third-order valence-electron chi connectivity index (χ3n) is 3.43. The first-order valence-electron chi connectivity index (χ1n) is 6.54. The number of thiazole rings is 1. The molecule has 0 aromatic carbocycles. The van der Waals surface area contributed by atoms with Crippen molar-refractivity contribution in [1.29, 1.82) is 0 Å². The van der Waals surface area contributed by atoms with Crippen molar-refractivity contribution in [3.05, 3.63) is 16.1 Å². The van der Waals surface area contributed by atoms with Gasteiger partial charge in [-0.2, -0.15) is 0 Å². The lowest BCUT2D eigenvalue weighted by molar-refractivity contribution is 0.140. The Hall–Kier alpha value is -0.450. The number of aliphatic hydroxyl groups is 1. The van der Waals surface area contributed by atoms with E-state index >= 15 is 0 Å². The van der Waals surface area contributed by atoms with E-state index in [1.165, 1.54) is 25.7 Å². The zero-order chi connectivity index (χ0) is 12.1. The molecule has 0 saturated heterocycles. The van der Waals surface area contributed by atoms with Gasteiger partial charge in [0, 0.05) is 18.5 Å². The van der Waals surface area contributed by atoms with Crippen LogP contribution in [0.3, 0.4) is 0 Å². The molecule has 1 atom stereocenters. The molecule has 1 aromatic heterocycles. The highest BCUT2D eigenvalue weighted by molar-refractivity contribution is 7.09. The van der Waals surface area contributed by atoms with E-state index in [1.807, 2.05) is 6.92 Å². The molecule has 1 aliphatic rings. The predicted octanol–water partition coefficient (Wildman–Crippen LogP) is 2.48. The number of hydrogen-bond donors (Lipinski definition) is 2. The Bertz CT molecular complexity index is 334. The first-order chi connectivity index (χ1) is 8.24. The molecule has 0 aliphatic heterocycles. The van der Waals surface area contributed by atoms with E-state index in [9.17, 15) is 5.11 Å². The summed E-state index contributed by atoms with van der Waals surface area (Å²) in [5.41, 5.74) is 1.08. The fourth-order valence-electron chi connectivity index (χ4n) is 2.57. The van der Waals surface area contributed by atoms with Gasteiger partial charge < -0.3 is 10.4 Å². The zero-order valence-corrected chi connectivity index (χ0v) is 11.3. The van der Waals surface area contributed by atoms with Crippen LogP contribution in [0.5, 0.6) is 0 Å². The van der Waals surface area contributed by atoms with Crippen LogP contribution in [0.4, 0.5) is 0 Å². The third-order valence-corrected chi connectivity index (χ3v) is 4.26. The van der Waals surface area contributed by atoms with Crippen molar-refractivity contribution in [3.63, 3.8) is 0 Å². The predicted molar refractivity (Wildman–Crippen MR) is 71.1 cm³/mol. The maximum Gasteiger partial charge on any atom is 0.0897 e. The maximum atomic E-state index is 9.91. The van der Waals surface area contributed by atoms with Gasteiger partial charge in [0.1, 0.15) is 0 Å². The smallest absolute Gasteiger partial charge is 0.0897 e. The minimum Gasteiger partial charge on any atom is -0.392 e. The van der Waals surface area contributed by atoms with Crippen LogP contribution in [0, 0.1) is 12.8 Å². The normalized spacial score (nSPS) is 18.7.